The summed E-state index contributed by atoms with van der Waals surface area (Å²) in [4.78, 5) is 0. The van der Waals surface area contributed by atoms with Gasteiger partial charge in [0.15, 0.2) is 9.84 Å². The van der Waals surface area contributed by atoms with Crippen LogP contribution in [-0.4, -0.2) is 18.9 Å². The van der Waals surface area contributed by atoms with Crippen LogP contribution in [-0.2, 0) is 9.84 Å². The lowest BCUT2D eigenvalue weighted by Crippen LogP contribution is -2.41. The zero-order valence-electron chi connectivity index (χ0n) is 11.4. The SMILES string of the molecule is CCC1CC(CC)C(C2(C)CCCS2(=O)=O)C1. The molecule has 1 heterocycles. The fraction of sp³-hybridized carbons (Fsp3) is 1.00. The van der Waals surface area contributed by atoms with Gasteiger partial charge < -0.3 is 0 Å². The summed E-state index contributed by atoms with van der Waals surface area (Å²) in [5.41, 5.74) is 0. The number of hydrogen-bond donors (Lipinski definition) is 0. The predicted octanol–water partition coefficient (Wildman–Crippen LogP) is 3.42. The van der Waals surface area contributed by atoms with Gasteiger partial charge in [0.25, 0.3) is 0 Å². The van der Waals surface area contributed by atoms with Gasteiger partial charge in [-0.25, -0.2) is 8.42 Å². The Balaban J connectivity index is 2.27. The van der Waals surface area contributed by atoms with E-state index in [1.54, 1.807) is 0 Å². The second kappa shape index (κ2) is 4.56. The minimum Gasteiger partial charge on any atom is -0.228 e. The maximum atomic E-state index is 12.3. The van der Waals surface area contributed by atoms with Gasteiger partial charge in [0.05, 0.1) is 10.5 Å². The molecule has 0 radical (unpaired) electrons. The minimum atomic E-state index is -2.84. The summed E-state index contributed by atoms with van der Waals surface area (Å²) in [7, 11) is -2.84. The molecule has 0 aromatic heterocycles. The first-order valence-corrected chi connectivity index (χ1v) is 8.82. The molecule has 0 N–H and O–H groups in total. The lowest BCUT2D eigenvalue weighted by molar-refractivity contribution is 0.285. The molecule has 2 rings (SSSR count). The zero-order valence-corrected chi connectivity index (χ0v) is 12.2. The van der Waals surface area contributed by atoms with E-state index < -0.39 is 14.6 Å². The van der Waals surface area contributed by atoms with Crippen LogP contribution in [0.25, 0.3) is 0 Å². The van der Waals surface area contributed by atoms with Crippen molar-refractivity contribution >= 4 is 9.84 Å². The summed E-state index contributed by atoms with van der Waals surface area (Å²) in [6.45, 7) is 6.49. The summed E-state index contributed by atoms with van der Waals surface area (Å²) >= 11 is 0. The Morgan fingerprint density at radius 3 is 2.35 bits per heavy atom. The summed E-state index contributed by atoms with van der Waals surface area (Å²) in [5, 5.41) is 0. The van der Waals surface area contributed by atoms with Crippen molar-refractivity contribution in [2.24, 2.45) is 17.8 Å². The molecule has 1 saturated carbocycles. The van der Waals surface area contributed by atoms with Gasteiger partial charge in [0, 0.05) is 0 Å². The van der Waals surface area contributed by atoms with E-state index in [-0.39, 0.29) is 0 Å². The Labute approximate surface area is 106 Å². The molecule has 3 heteroatoms. The second-order valence-corrected chi connectivity index (χ2v) is 8.83. The van der Waals surface area contributed by atoms with Crippen LogP contribution in [0.2, 0.25) is 0 Å². The summed E-state index contributed by atoms with van der Waals surface area (Å²) in [6, 6.07) is 0. The fourth-order valence-corrected chi connectivity index (χ4v) is 6.39. The van der Waals surface area contributed by atoms with E-state index in [0.717, 1.165) is 31.6 Å². The minimum absolute atomic E-state index is 0.405. The third-order valence-corrected chi connectivity index (χ3v) is 8.23. The second-order valence-electron chi connectivity index (χ2n) is 6.26. The average Bonchev–Trinajstić information content (AvgIpc) is 2.81. The molecule has 4 atom stereocenters. The third-order valence-electron chi connectivity index (χ3n) is 5.48. The van der Waals surface area contributed by atoms with Gasteiger partial charge in [-0.1, -0.05) is 26.7 Å². The Morgan fingerprint density at radius 1 is 1.18 bits per heavy atom. The molecule has 4 unspecified atom stereocenters. The summed E-state index contributed by atoms with van der Waals surface area (Å²) < 4.78 is 24.2. The van der Waals surface area contributed by atoms with Crippen LogP contribution in [0.3, 0.4) is 0 Å². The highest BCUT2D eigenvalue weighted by Gasteiger charge is 2.53. The molecular formula is C14H26O2S. The van der Waals surface area contributed by atoms with Gasteiger partial charge in [-0.2, -0.15) is 0 Å². The van der Waals surface area contributed by atoms with Gasteiger partial charge in [0.1, 0.15) is 0 Å². The van der Waals surface area contributed by atoms with Gasteiger partial charge in [-0.3, -0.25) is 0 Å². The van der Waals surface area contributed by atoms with Crippen LogP contribution in [0.1, 0.15) is 59.3 Å². The Morgan fingerprint density at radius 2 is 1.88 bits per heavy atom. The normalized spacial score (nSPS) is 45.2. The van der Waals surface area contributed by atoms with E-state index in [9.17, 15) is 8.42 Å². The lowest BCUT2D eigenvalue weighted by atomic mass is 9.81. The molecule has 0 bridgehead atoms. The highest BCUT2D eigenvalue weighted by Crippen LogP contribution is 2.51. The molecule has 0 spiro atoms. The van der Waals surface area contributed by atoms with E-state index in [2.05, 4.69) is 13.8 Å². The van der Waals surface area contributed by atoms with E-state index >= 15 is 0 Å². The largest absolute Gasteiger partial charge is 0.228 e. The molecular weight excluding hydrogens is 232 g/mol. The van der Waals surface area contributed by atoms with Crippen LogP contribution in [0.5, 0.6) is 0 Å². The first kappa shape index (κ1) is 13.4. The summed E-state index contributed by atoms with van der Waals surface area (Å²) in [5.74, 6) is 2.24. The predicted molar refractivity (Wildman–Crippen MR) is 71.7 cm³/mol. The van der Waals surface area contributed by atoms with Crippen molar-refractivity contribution in [2.75, 3.05) is 5.75 Å². The van der Waals surface area contributed by atoms with Gasteiger partial charge in [0.2, 0.25) is 0 Å². The quantitative estimate of drug-likeness (QED) is 0.777. The number of hydrogen-bond acceptors (Lipinski definition) is 2. The highest BCUT2D eigenvalue weighted by atomic mass is 32.2. The Hall–Kier alpha value is -0.0500. The first-order valence-electron chi connectivity index (χ1n) is 7.17. The molecule has 100 valence electrons. The third kappa shape index (κ3) is 2.05. The van der Waals surface area contributed by atoms with Crippen LogP contribution in [0.15, 0.2) is 0 Å². The molecule has 0 aromatic rings. The topological polar surface area (TPSA) is 34.1 Å². The number of rotatable bonds is 3. The average molecular weight is 258 g/mol. The van der Waals surface area contributed by atoms with Crippen LogP contribution in [0, 0.1) is 17.8 Å². The lowest BCUT2D eigenvalue weighted by Gasteiger charge is -2.34. The molecule has 1 aliphatic carbocycles. The van der Waals surface area contributed by atoms with Crippen LogP contribution < -0.4 is 0 Å². The van der Waals surface area contributed by atoms with Crippen molar-refractivity contribution in [3.63, 3.8) is 0 Å². The molecule has 0 amide bonds. The standard InChI is InChI=1S/C14H26O2S/c1-4-11-9-12(5-2)13(10-11)14(3)7-6-8-17(14,15)16/h11-13H,4-10H2,1-3H3. The maximum absolute atomic E-state index is 12.3. The number of sulfone groups is 1. The maximum Gasteiger partial charge on any atom is 0.156 e. The highest BCUT2D eigenvalue weighted by molar-refractivity contribution is 7.93. The van der Waals surface area contributed by atoms with Crippen molar-refractivity contribution in [1.29, 1.82) is 0 Å². The van der Waals surface area contributed by atoms with Crippen molar-refractivity contribution in [2.45, 2.75) is 64.0 Å². The Kier molecular flexibility index (Phi) is 3.59. The fourth-order valence-electron chi connectivity index (χ4n) is 4.19. The molecule has 2 nitrogen and oxygen atoms in total. The van der Waals surface area contributed by atoms with Gasteiger partial charge in [-0.05, 0) is 50.4 Å². The van der Waals surface area contributed by atoms with Crippen LogP contribution in [0.4, 0.5) is 0 Å². The Bertz CT molecular complexity index is 374. The molecule has 1 saturated heterocycles. The van der Waals surface area contributed by atoms with E-state index in [1.165, 1.54) is 12.8 Å². The van der Waals surface area contributed by atoms with Crippen molar-refractivity contribution in [3.8, 4) is 0 Å². The molecule has 17 heavy (non-hydrogen) atoms. The van der Waals surface area contributed by atoms with Gasteiger partial charge in [-0.15, -0.1) is 0 Å². The van der Waals surface area contributed by atoms with Crippen molar-refractivity contribution < 1.29 is 8.42 Å². The van der Waals surface area contributed by atoms with E-state index in [4.69, 9.17) is 0 Å². The smallest absolute Gasteiger partial charge is 0.156 e. The molecule has 1 aliphatic heterocycles. The molecule has 2 fully saturated rings. The summed E-state index contributed by atoms with van der Waals surface area (Å²) in [6.07, 6.45) is 6.53. The van der Waals surface area contributed by atoms with E-state index in [0.29, 0.717) is 17.6 Å². The van der Waals surface area contributed by atoms with Gasteiger partial charge >= 0.3 is 0 Å². The van der Waals surface area contributed by atoms with Crippen LogP contribution >= 0.6 is 0 Å². The van der Waals surface area contributed by atoms with Crippen molar-refractivity contribution in [3.05, 3.63) is 0 Å². The van der Waals surface area contributed by atoms with E-state index in [1.807, 2.05) is 6.92 Å². The first-order chi connectivity index (χ1) is 7.94. The molecule has 0 aromatic carbocycles. The van der Waals surface area contributed by atoms with Crippen molar-refractivity contribution in [1.82, 2.24) is 0 Å². The monoisotopic (exact) mass is 258 g/mol. The zero-order chi connectivity index (χ0) is 12.7. The molecule has 2 aliphatic rings.